The first kappa shape index (κ1) is 9.78. The SMILES string of the molecule is COc1cccc2c(=O)[nH]c3c(c12)CCS3. The summed E-state index contributed by atoms with van der Waals surface area (Å²) in [6.45, 7) is 0. The second-order valence-electron chi connectivity index (χ2n) is 3.74. The largest absolute Gasteiger partial charge is 0.496 e. The second kappa shape index (κ2) is 3.56. The summed E-state index contributed by atoms with van der Waals surface area (Å²) in [7, 11) is 1.64. The van der Waals surface area contributed by atoms with E-state index in [1.54, 1.807) is 18.9 Å². The lowest BCUT2D eigenvalue weighted by atomic mass is 10.1. The quantitative estimate of drug-likeness (QED) is 0.821. The molecule has 1 aliphatic rings. The molecule has 1 N–H and O–H groups in total. The van der Waals surface area contributed by atoms with E-state index in [9.17, 15) is 4.79 Å². The van der Waals surface area contributed by atoms with Crippen molar-refractivity contribution in [2.24, 2.45) is 0 Å². The third-order valence-corrected chi connectivity index (χ3v) is 3.94. The first-order valence-corrected chi connectivity index (χ1v) is 6.14. The van der Waals surface area contributed by atoms with Crippen molar-refractivity contribution in [1.82, 2.24) is 4.98 Å². The topological polar surface area (TPSA) is 42.1 Å². The van der Waals surface area contributed by atoms with Gasteiger partial charge in [0.15, 0.2) is 0 Å². The number of benzene rings is 1. The number of aromatic amines is 1. The van der Waals surface area contributed by atoms with E-state index < -0.39 is 0 Å². The van der Waals surface area contributed by atoms with Crippen LogP contribution in [0.5, 0.6) is 5.75 Å². The van der Waals surface area contributed by atoms with Crippen LogP contribution in [0.3, 0.4) is 0 Å². The van der Waals surface area contributed by atoms with Gasteiger partial charge in [0.1, 0.15) is 5.75 Å². The number of fused-ring (bicyclic) bond motifs is 3. The molecule has 1 aromatic carbocycles. The van der Waals surface area contributed by atoms with E-state index in [1.807, 2.05) is 18.2 Å². The summed E-state index contributed by atoms with van der Waals surface area (Å²) in [4.78, 5) is 14.8. The number of aromatic nitrogens is 1. The summed E-state index contributed by atoms with van der Waals surface area (Å²) >= 11 is 1.70. The van der Waals surface area contributed by atoms with Crippen LogP contribution in [0.2, 0.25) is 0 Å². The van der Waals surface area contributed by atoms with Gasteiger partial charge in [-0.25, -0.2) is 0 Å². The van der Waals surface area contributed by atoms with Crippen LogP contribution in [-0.2, 0) is 6.42 Å². The van der Waals surface area contributed by atoms with E-state index in [2.05, 4.69) is 4.98 Å². The Morgan fingerprint density at radius 3 is 3.12 bits per heavy atom. The van der Waals surface area contributed by atoms with Crippen molar-refractivity contribution < 1.29 is 4.74 Å². The zero-order valence-corrected chi connectivity index (χ0v) is 9.69. The molecule has 0 atom stereocenters. The molecule has 0 saturated heterocycles. The first-order chi connectivity index (χ1) is 7.81. The molecule has 0 radical (unpaired) electrons. The smallest absolute Gasteiger partial charge is 0.256 e. The number of pyridine rings is 1. The first-order valence-electron chi connectivity index (χ1n) is 5.16. The molecule has 4 heteroatoms. The van der Waals surface area contributed by atoms with E-state index in [-0.39, 0.29) is 5.56 Å². The van der Waals surface area contributed by atoms with Crippen molar-refractivity contribution in [2.75, 3.05) is 12.9 Å². The predicted molar refractivity (Wildman–Crippen MR) is 65.5 cm³/mol. The number of methoxy groups -OCH3 is 1. The third-order valence-electron chi connectivity index (χ3n) is 2.89. The Hall–Kier alpha value is -1.42. The van der Waals surface area contributed by atoms with Crippen molar-refractivity contribution in [2.45, 2.75) is 11.4 Å². The van der Waals surface area contributed by atoms with Gasteiger partial charge in [0, 0.05) is 11.1 Å². The Balaban J connectivity index is 2.51. The third kappa shape index (κ3) is 1.26. The van der Waals surface area contributed by atoms with Crippen LogP contribution < -0.4 is 10.3 Å². The second-order valence-corrected chi connectivity index (χ2v) is 4.85. The standard InChI is InChI=1S/C12H11NO2S/c1-15-9-4-2-3-7-10(9)8-5-6-16-12(8)13-11(7)14/h2-4H,5-6H2,1H3,(H,13,14). The molecule has 16 heavy (non-hydrogen) atoms. The number of hydrogen-bond acceptors (Lipinski definition) is 3. The van der Waals surface area contributed by atoms with Gasteiger partial charge in [-0.05, 0) is 24.1 Å². The molecule has 0 bridgehead atoms. The molecule has 2 heterocycles. The van der Waals surface area contributed by atoms with Crippen LogP contribution in [0.25, 0.3) is 10.8 Å². The molecule has 0 amide bonds. The molecule has 2 aromatic rings. The minimum atomic E-state index is -0.0259. The Bertz CT molecular complexity index is 618. The molecule has 0 spiro atoms. The Labute approximate surface area is 96.8 Å². The number of H-pyrrole nitrogens is 1. The average Bonchev–Trinajstić information content (AvgIpc) is 2.76. The monoisotopic (exact) mass is 233 g/mol. The van der Waals surface area contributed by atoms with Crippen LogP contribution in [0.1, 0.15) is 5.56 Å². The molecule has 3 nitrogen and oxygen atoms in total. The highest BCUT2D eigenvalue weighted by Crippen LogP contribution is 2.36. The maximum atomic E-state index is 11.9. The Kier molecular flexibility index (Phi) is 2.17. The van der Waals surface area contributed by atoms with Crippen LogP contribution in [0, 0.1) is 0 Å². The number of hydrogen-bond donors (Lipinski definition) is 1. The highest BCUT2D eigenvalue weighted by atomic mass is 32.2. The van der Waals surface area contributed by atoms with Gasteiger partial charge < -0.3 is 9.72 Å². The van der Waals surface area contributed by atoms with E-state index in [1.165, 1.54) is 5.56 Å². The van der Waals surface area contributed by atoms with E-state index in [0.29, 0.717) is 0 Å². The molecular weight excluding hydrogens is 222 g/mol. The van der Waals surface area contributed by atoms with E-state index in [4.69, 9.17) is 4.74 Å². The summed E-state index contributed by atoms with van der Waals surface area (Å²) in [6.07, 6.45) is 0.994. The van der Waals surface area contributed by atoms with Gasteiger partial charge in [-0.1, -0.05) is 6.07 Å². The van der Waals surface area contributed by atoms with Gasteiger partial charge in [-0.3, -0.25) is 4.79 Å². The fourth-order valence-electron chi connectivity index (χ4n) is 2.18. The molecular formula is C12H11NO2S. The lowest BCUT2D eigenvalue weighted by Gasteiger charge is -2.08. The predicted octanol–water partition coefficient (Wildman–Crippen LogP) is 2.18. The summed E-state index contributed by atoms with van der Waals surface area (Å²) in [5.74, 6) is 1.82. The number of thioether (sulfide) groups is 1. The number of ether oxygens (including phenoxy) is 1. The number of nitrogens with one attached hydrogen (secondary N) is 1. The van der Waals surface area contributed by atoms with E-state index >= 15 is 0 Å². The molecule has 3 rings (SSSR count). The maximum Gasteiger partial charge on any atom is 0.256 e. The van der Waals surface area contributed by atoms with Crippen molar-refractivity contribution in [3.05, 3.63) is 34.1 Å². The molecule has 1 aromatic heterocycles. The summed E-state index contributed by atoms with van der Waals surface area (Å²) < 4.78 is 5.35. The van der Waals surface area contributed by atoms with Crippen LogP contribution in [0.4, 0.5) is 0 Å². The number of aryl methyl sites for hydroxylation is 1. The minimum Gasteiger partial charge on any atom is -0.496 e. The highest BCUT2D eigenvalue weighted by molar-refractivity contribution is 7.99. The zero-order valence-electron chi connectivity index (χ0n) is 8.87. The average molecular weight is 233 g/mol. The van der Waals surface area contributed by atoms with Crippen LogP contribution >= 0.6 is 11.8 Å². The van der Waals surface area contributed by atoms with Gasteiger partial charge in [0.05, 0.1) is 17.5 Å². The van der Waals surface area contributed by atoms with Gasteiger partial charge in [-0.15, -0.1) is 11.8 Å². The molecule has 0 unspecified atom stereocenters. The lowest BCUT2D eigenvalue weighted by Crippen LogP contribution is -2.08. The number of rotatable bonds is 1. The molecule has 0 saturated carbocycles. The van der Waals surface area contributed by atoms with Crippen LogP contribution in [0.15, 0.2) is 28.0 Å². The Morgan fingerprint density at radius 2 is 2.31 bits per heavy atom. The van der Waals surface area contributed by atoms with Crippen molar-refractivity contribution in [3.8, 4) is 5.75 Å². The maximum absolute atomic E-state index is 11.9. The van der Waals surface area contributed by atoms with Crippen molar-refractivity contribution in [3.63, 3.8) is 0 Å². The molecule has 0 aliphatic carbocycles. The Morgan fingerprint density at radius 1 is 1.44 bits per heavy atom. The molecule has 1 aliphatic heterocycles. The van der Waals surface area contributed by atoms with Crippen molar-refractivity contribution >= 4 is 22.5 Å². The van der Waals surface area contributed by atoms with Gasteiger partial charge in [0.2, 0.25) is 0 Å². The summed E-state index contributed by atoms with van der Waals surface area (Å²) in [5.41, 5.74) is 1.19. The minimum absolute atomic E-state index is 0.0259. The lowest BCUT2D eigenvalue weighted by molar-refractivity contribution is 0.419. The zero-order chi connectivity index (χ0) is 11.1. The molecule has 82 valence electrons. The van der Waals surface area contributed by atoms with Crippen LogP contribution in [-0.4, -0.2) is 17.8 Å². The van der Waals surface area contributed by atoms with E-state index in [0.717, 1.165) is 33.7 Å². The fourth-order valence-corrected chi connectivity index (χ4v) is 3.23. The normalized spacial score (nSPS) is 14.1. The van der Waals surface area contributed by atoms with Crippen molar-refractivity contribution in [1.29, 1.82) is 0 Å². The fraction of sp³-hybridized carbons (Fsp3) is 0.250. The summed E-state index contributed by atoms with van der Waals surface area (Å²) in [5, 5.41) is 2.70. The van der Waals surface area contributed by atoms with Gasteiger partial charge >= 0.3 is 0 Å². The highest BCUT2D eigenvalue weighted by Gasteiger charge is 2.19. The van der Waals surface area contributed by atoms with Gasteiger partial charge in [0.25, 0.3) is 5.56 Å². The molecule has 0 fully saturated rings. The summed E-state index contributed by atoms with van der Waals surface area (Å²) in [6, 6.07) is 5.61. The van der Waals surface area contributed by atoms with Gasteiger partial charge in [-0.2, -0.15) is 0 Å².